The van der Waals surface area contributed by atoms with Crippen LogP contribution in [0.15, 0.2) is 0 Å². The maximum Gasteiger partial charge on any atom is 0.408 e. The monoisotopic (exact) mass is 316 g/mol. The number of rotatable bonds is 6. The second-order valence-corrected chi connectivity index (χ2v) is 6.94. The van der Waals surface area contributed by atoms with Gasteiger partial charge in [0.1, 0.15) is 17.7 Å². The lowest BCUT2D eigenvalue weighted by atomic mass is 10.0. The van der Waals surface area contributed by atoms with Gasteiger partial charge in [-0.05, 0) is 32.6 Å². The molecule has 3 N–H and O–H groups in total. The van der Waals surface area contributed by atoms with Gasteiger partial charge in [-0.25, -0.2) is 9.59 Å². The minimum Gasteiger partial charge on any atom is -0.480 e. The highest BCUT2D eigenvalue weighted by Crippen LogP contribution is 2.10. The van der Waals surface area contributed by atoms with E-state index < -0.39 is 35.7 Å². The first-order valence-electron chi connectivity index (χ1n) is 7.37. The molecule has 0 unspecified atom stereocenters. The van der Waals surface area contributed by atoms with Gasteiger partial charge in [-0.2, -0.15) is 0 Å². The van der Waals surface area contributed by atoms with E-state index in [1.54, 1.807) is 48.5 Å². The van der Waals surface area contributed by atoms with E-state index in [0.29, 0.717) is 0 Å². The van der Waals surface area contributed by atoms with Gasteiger partial charge in [-0.15, -0.1) is 0 Å². The van der Waals surface area contributed by atoms with E-state index in [4.69, 9.17) is 9.84 Å². The molecule has 2 atom stereocenters. The number of carbonyl (C=O) groups is 3. The quantitative estimate of drug-likeness (QED) is 0.692. The molecule has 0 aliphatic heterocycles. The van der Waals surface area contributed by atoms with Crippen molar-refractivity contribution in [1.29, 1.82) is 0 Å². The highest BCUT2D eigenvalue weighted by atomic mass is 16.6. The van der Waals surface area contributed by atoms with E-state index in [0.717, 1.165) is 0 Å². The number of amides is 2. The Kier molecular flexibility index (Phi) is 7.35. The first kappa shape index (κ1) is 20.2. The normalized spacial score (nSPS) is 14.4. The second-order valence-electron chi connectivity index (χ2n) is 6.94. The number of carboxylic acids is 1. The maximum absolute atomic E-state index is 12.3. The maximum atomic E-state index is 12.3. The summed E-state index contributed by atoms with van der Waals surface area (Å²) in [5, 5.41) is 14.1. The van der Waals surface area contributed by atoms with Crippen molar-refractivity contribution in [3.8, 4) is 0 Å². The number of aliphatic carboxylic acids is 1. The smallest absolute Gasteiger partial charge is 0.408 e. The SMILES string of the molecule is CC(C)[C@H](NC(=O)[C@@H](NC(=O)OC(C)(C)C)C(C)C)C(=O)O. The lowest BCUT2D eigenvalue weighted by Gasteiger charge is -2.27. The second kappa shape index (κ2) is 8.00. The summed E-state index contributed by atoms with van der Waals surface area (Å²) in [7, 11) is 0. The molecule has 0 saturated heterocycles. The Labute approximate surface area is 131 Å². The van der Waals surface area contributed by atoms with Crippen molar-refractivity contribution in [2.75, 3.05) is 0 Å². The molecule has 0 fully saturated rings. The summed E-state index contributed by atoms with van der Waals surface area (Å²) in [4.78, 5) is 35.2. The fraction of sp³-hybridized carbons (Fsp3) is 0.800. The van der Waals surface area contributed by atoms with Crippen LogP contribution in [0.2, 0.25) is 0 Å². The predicted octanol–water partition coefficient (Wildman–Crippen LogP) is 1.76. The molecule has 22 heavy (non-hydrogen) atoms. The number of ether oxygens (including phenoxy) is 1. The Morgan fingerprint density at radius 3 is 1.68 bits per heavy atom. The number of hydrogen-bond donors (Lipinski definition) is 3. The summed E-state index contributed by atoms with van der Waals surface area (Å²) in [6.45, 7) is 12.1. The minimum absolute atomic E-state index is 0.214. The van der Waals surface area contributed by atoms with Gasteiger partial charge in [0.2, 0.25) is 5.91 Å². The number of alkyl carbamates (subject to hydrolysis) is 1. The average molecular weight is 316 g/mol. The van der Waals surface area contributed by atoms with Crippen LogP contribution in [0.5, 0.6) is 0 Å². The molecular formula is C15H28N2O5. The summed E-state index contributed by atoms with van der Waals surface area (Å²) in [6.07, 6.45) is -0.710. The highest BCUT2D eigenvalue weighted by molar-refractivity contribution is 5.89. The molecule has 0 radical (unpaired) electrons. The molecule has 0 rings (SSSR count). The molecular weight excluding hydrogens is 288 g/mol. The molecule has 0 aliphatic rings. The van der Waals surface area contributed by atoms with E-state index in [1.165, 1.54) is 0 Å². The van der Waals surface area contributed by atoms with Crippen LogP contribution in [-0.2, 0) is 14.3 Å². The van der Waals surface area contributed by atoms with Gasteiger partial charge in [0.15, 0.2) is 0 Å². The molecule has 128 valence electrons. The Bertz CT molecular complexity index is 413. The Balaban J connectivity index is 4.92. The summed E-state index contributed by atoms with van der Waals surface area (Å²) in [6, 6.07) is -1.87. The highest BCUT2D eigenvalue weighted by Gasteiger charge is 2.31. The van der Waals surface area contributed by atoms with Crippen molar-refractivity contribution in [2.24, 2.45) is 11.8 Å². The van der Waals surface area contributed by atoms with Gasteiger partial charge >= 0.3 is 12.1 Å². The van der Waals surface area contributed by atoms with Crippen LogP contribution in [0.25, 0.3) is 0 Å². The third-order valence-corrected chi connectivity index (χ3v) is 2.85. The van der Waals surface area contributed by atoms with Crippen LogP contribution >= 0.6 is 0 Å². The Morgan fingerprint density at radius 1 is 0.909 bits per heavy atom. The third kappa shape index (κ3) is 7.28. The number of carboxylic acid groups (broad SMARTS) is 1. The topological polar surface area (TPSA) is 105 Å². The van der Waals surface area contributed by atoms with Crippen LogP contribution in [0.4, 0.5) is 4.79 Å². The first-order chi connectivity index (χ1) is 9.85. The third-order valence-electron chi connectivity index (χ3n) is 2.85. The van der Waals surface area contributed by atoms with Crippen LogP contribution in [0.1, 0.15) is 48.5 Å². The minimum atomic E-state index is -1.11. The summed E-state index contributed by atoms with van der Waals surface area (Å²) >= 11 is 0. The molecule has 7 nitrogen and oxygen atoms in total. The summed E-state index contributed by atoms with van der Waals surface area (Å²) < 4.78 is 5.12. The van der Waals surface area contributed by atoms with Gasteiger partial charge in [-0.3, -0.25) is 4.79 Å². The van der Waals surface area contributed by atoms with Crippen molar-refractivity contribution in [3.05, 3.63) is 0 Å². The van der Waals surface area contributed by atoms with Gasteiger partial charge < -0.3 is 20.5 Å². The van der Waals surface area contributed by atoms with Crippen LogP contribution in [0, 0.1) is 11.8 Å². The molecule has 0 aromatic rings. The fourth-order valence-corrected chi connectivity index (χ4v) is 1.73. The van der Waals surface area contributed by atoms with E-state index in [-0.39, 0.29) is 11.8 Å². The lowest BCUT2D eigenvalue weighted by molar-refractivity contribution is -0.143. The Morgan fingerprint density at radius 2 is 1.36 bits per heavy atom. The standard InChI is InChI=1S/C15H28N2O5/c1-8(2)10(17-14(21)22-15(5,6)7)12(18)16-11(9(3)4)13(19)20/h8-11H,1-7H3,(H,16,18)(H,17,21)(H,19,20)/t10-,11-/m0/s1. The zero-order chi connectivity index (χ0) is 17.7. The molecule has 0 aromatic carbocycles. The average Bonchev–Trinajstić information content (AvgIpc) is 2.29. The van der Waals surface area contributed by atoms with E-state index >= 15 is 0 Å². The van der Waals surface area contributed by atoms with Crippen molar-refractivity contribution in [2.45, 2.75) is 66.2 Å². The molecule has 2 amide bonds. The van der Waals surface area contributed by atoms with Gasteiger partial charge in [0.25, 0.3) is 0 Å². The summed E-state index contributed by atoms with van der Waals surface area (Å²) in [5.41, 5.74) is -0.677. The van der Waals surface area contributed by atoms with Crippen LogP contribution in [-0.4, -0.2) is 40.8 Å². The number of nitrogens with one attached hydrogen (secondary N) is 2. The van der Waals surface area contributed by atoms with E-state index in [9.17, 15) is 14.4 Å². The van der Waals surface area contributed by atoms with Crippen LogP contribution in [0.3, 0.4) is 0 Å². The van der Waals surface area contributed by atoms with Crippen molar-refractivity contribution in [1.82, 2.24) is 10.6 Å². The van der Waals surface area contributed by atoms with Gasteiger partial charge in [0.05, 0.1) is 0 Å². The molecule has 7 heteroatoms. The lowest BCUT2D eigenvalue weighted by Crippen LogP contribution is -2.55. The van der Waals surface area contributed by atoms with Crippen molar-refractivity contribution < 1.29 is 24.2 Å². The summed E-state index contributed by atoms with van der Waals surface area (Å²) in [5.74, 6) is -2.13. The molecule has 0 spiro atoms. The van der Waals surface area contributed by atoms with Gasteiger partial charge in [-0.1, -0.05) is 27.7 Å². The van der Waals surface area contributed by atoms with Crippen molar-refractivity contribution >= 4 is 18.0 Å². The molecule has 0 bridgehead atoms. The van der Waals surface area contributed by atoms with E-state index in [1.807, 2.05) is 0 Å². The molecule has 0 aliphatic carbocycles. The molecule has 0 aromatic heterocycles. The number of carbonyl (C=O) groups excluding carboxylic acids is 2. The fourth-order valence-electron chi connectivity index (χ4n) is 1.73. The molecule has 0 heterocycles. The zero-order valence-corrected chi connectivity index (χ0v) is 14.4. The number of hydrogen-bond acceptors (Lipinski definition) is 4. The Hall–Kier alpha value is -1.79. The first-order valence-corrected chi connectivity index (χ1v) is 7.37. The molecule has 0 saturated carbocycles. The largest absolute Gasteiger partial charge is 0.480 e. The van der Waals surface area contributed by atoms with Crippen LogP contribution < -0.4 is 10.6 Å². The van der Waals surface area contributed by atoms with E-state index in [2.05, 4.69) is 10.6 Å². The van der Waals surface area contributed by atoms with Crippen molar-refractivity contribution in [3.63, 3.8) is 0 Å². The van der Waals surface area contributed by atoms with Gasteiger partial charge in [0, 0.05) is 0 Å². The zero-order valence-electron chi connectivity index (χ0n) is 14.4. The predicted molar refractivity (Wildman–Crippen MR) is 82.4 cm³/mol.